The Morgan fingerprint density at radius 2 is 1.52 bits per heavy atom. The van der Waals surface area contributed by atoms with Crippen molar-refractivity contribution in [1.82, 2.24) is 0 Å². The normalized spacial score (nSPS) is 10.1. The lowest BCUT2D eigenvalue weighted by Gasteiger charge is -2.16. The molecule has 3 N–H and O–H groups in total. The van der Waals surface area contributed by atoms with Crippen LogP contribution in [0.5, 0.6) is 11.5 Å². The van der Waals surface area contributed by atoms with Crippen molar-refractivity contribution in [1.29, 1.82) is 0 Å². The fourth-order valence-corrected chi connectivity index (χ4v) is 2.00. The Morgan fingerprint density at radius 1 is 0.952 bits per heavy atom. The zero-order valence-electron chi connectivity index (χ0n) is 12.8. The molecule has 0 saturated carbocycles. The summed E-state index contributed by atoms with van der Waals surface area (Å²) in [6.07, 6.45) is 0. The van der Waals surface area contributed by atoms with E-state index in [1.807, 2.05) is 44.4 Å². The first-order valence-corrected chi connectivity index (χ1v) is 6.61. The number of anilines is 4. The van der Waals surface area contributed by atoms with Crippen molar-refractivity contribution in [2.75, 3.05) is 44.3 Å². The third-order valence-electron chi connectivity index (χ3n) is 3.22. The second-order valence-corrected chi connectivity index (χ2v) is 4.86. The average molecular weight is 287 g/mol. The Bertz CT molecular complexity index is 610. The lowest BCUT2D eigenvalue weighted by Crippen LogP contribution is -2.08. The third-order valence-corrected chi connectivity index (χ3v) is 3.22. The van der Waals surface area contributed by atoms with Gasteiger partial charge in [-0.25, -0.2) is 0 Å². The topological polar surface area (TPSA) is 59.8 Å². The lowest BCUT2D eigenvalue weighted by atomic mass is 10.2. The minimum Gasteiger partial charge on any atom is -0.493 e. The van der Waals surface area contributed by atoms with Gasteiger partial charge in [-0.3, -0.25) is 0 Å². The number of benzene rings is 2. The highest BCUT2D eigenvalue weighted by molar-refractivity contribution is 5.77. The smallest absolute Gasteiger partial charge is 0.162 e. The number of nitrogen functional groups attached to an aromatic ring is 1. The second-order valence-electron chi connectivity index (χ2n) is 4.86. The predicted molar refractivity (Wildman–Crippen MR) is 88.0 cm³/mol. The molecule has 0 saturated heterocycles. The van der Waals surface area contributed by atoms with Crippen LogP contribution in [0, 0.1) is 0 Å². The van der Waals surface area contributed by atoms with Crippen LogP contribution in [-0.4, -0.2) is 28.3 Å². The molecule has 0 heterocycles. The van der Waals surface area contributed by atoms with Gasteiger partial charge in [0.2, 0.25) is 0 Å². The van der Waals surface area contributed by atoms with Crippen molar-refractivity contribution in [2.45, 2.75) is 0 Å². The molecule has 0 aliphatic heterocycles. The molecule has 21 heavy (non-hydrogen) atoms. The number of hydrogen-bond acceptors (Lipinski definition) is 5. The number of nitrogens with one attached hydrogen (secondary N) is 1. The molecular formula is C16H21N3O2. The maximum Gasteiger partial charge on any atom is 0.162 e. The summed E-state index contributed by atoms with van der Waals surface area (Å²) in [5, 5.41) is 3.29. The molecule has 0 bridgehead atoms. The van der Waals surface area contributed by atoms with Gasteiger partial charge in [0, 0.05) is 37.6 Å². The Kier molecular flexibility index (Phi) is 4.42. The van der Waals surface area contributed by atoms with Crippen LogP contribution in [0.2, 0.25) is 0 Å². The van der Waals surface area contributed by atoms with Gasteiger partial charge in [0.05, 0.1) is 25.6 Å². The van der Waals surface area contributed by atoms with Crippen LogP contribution in [0.1, 0.15) is 0 Å². The highest BCUT2D eigenvalue weighted by atomic mass is 16.5. The molecule has 2 aromatic carbocycles. The molecule has 0 aromatic heterocycles. The van der Waals surface area contributed by atoms with E-state index in [1.165, 1.54) is 0 Å². The van der Waals surface area contributed by atoms with E-state index in [0.29, 0.717) is 17.2 Å². The highest BCUT2D eigenvalue weighted by Crippen LogP contribution is 2.36. The van der Waals surface area contributed by atoms with Crippen molar-refractivity contribution in [3.8, 4) is 11.5 Å². The molecule has 0 fully saturated rings. The first kappa shape index (κ1) is 14.8. The first-order valence-electron chi connectivity index (χ1n) is 6.61. The molecule has 0 spiro atoms. The van der Waals surface area contributed by atoms with Crippen LogP contribution in [0.4, 0.5) is 22.7 Å². The van der Waals surface area contributed by atoms with Gasteiger partial charge in [-0.1, -0.05) is 0 Å². The molecule has 0 amide bonds. The van der Waals surface area contributed by atoms with Gasteiger partial charge in [0.1, 0.15) is 0 Å². The molecule has 0 atom stereocenters. The summed E-state index contributed by atoms with van der Waals surface area (Å²) in [5.41, 5.74) is 9.52. The summed E-state index contributed by atoms with van der Waals surface area (Å²) in [6, 6.07) is 11.7. The van der Waals surface area contributed by atoms with Gasteiger partial charge in [0.25, 0.3) is 0 Å². The van der Waals surface area contributed by atoms with Crippen LogP contribution in [-0.2, 0) is 0 Å². The average Bonchev–Trinajstić information content (AvgIpc) is 2.49. The van der Waals surface area contributed by atoms with E-state index in [2.05, 4.69) is 10.2 Å². The number of methoxy groups -OCH3 is 2. The van der Waals surface area contributed by atoms with Crippen molar-refractivity contribution in [2.24, 2.45) is 0 Å². The minimum absolute atomic E-state index is 0.601. The fourth-order valence-electron chi connectivity index (χ4n) is 2.00. The molecule has 5 nitrogen and oxygen atoms in total. The van der Waals surface area contributed by atoms with Crippen LogP contribution < -0.4 is 25.4 Å². The van der Waals surface area contributed by atoms with Crippen molar-refractivity contribution in [3.05, 3.63) is 36.4 Å². The molecule has 0 aliphatic carbocycles. The van der Waals surface area contributed by atoms with E-state index in [4.69, 9.17) is 15.2 Å². The van der Waals surface area contributed by atoms with Crippen molar-refractivity contribution >= 4 is 22.7 Å². The van der Waals surface area contributed by atoms with Gasteiger partial charge in [-0.15, -0.1) is 0 Å². The van der Waals surface area contributed by atoms with Gasteiger partial charge in [-0.2, -0.15) is 0 Å². The molecule has 0 unspecified atom stereocenters. The summed E-state index contributed by atoms with van der Waals surface area (Å²) in [6.45, 7) is 0. The molecule has 0 radical (unpaired) electrons. The zero-order chi connectivity index (χ0) is 15.4. The Labute approximate surface area is 125 Å². The quantitative estimate of drug-likeness (QED) is 0.828. The summed E-state index contributed by atoms with van der Waals surface area (Å²) < 4.78 is 10.5. The van der Waals surface area contributed by atoms with E-state index in [9.17, 15) is 0 Å². The van der Waals surface area contributed by atoms with E-state index in [-0.39, 0.29) is 0 Å². The summed E-state index contributed by atoms with van der Waals surface area (Å²) >= 11 is 0. The van der Waals surface area contributed by atoms with Crippen molar-refractivity contribution < 1.29 is 9.47 Å². The van der Waals surface area contributed by atoms with Crippen LogP contribution >= 0.6 is 0 Å². The maximum atomic E-state index is 6.04. The zero-order valence-corrected chi connectivity index (χ0v) is 12.8. The largest absolute Gasteiger partial charge is 0.493 e. The molecular weight excluding hydrogens is 266 g/mol. The Morgan fingerprint density at radius 3 is 2.05 bits per heavy atom. The highest BCUT2D eigenvalue weighted by Gasteiger charge is 2.09. The maximum absolute atomic E-state index is 6.04. The van der Waals surface area contributed by atoms with Crippen LogP contribution in [0.3, 0.4) is 0 Å². The van der Waals surface area contributed by atoms with Crippen LogP contribution in [0.25, 0.3) is 0 Å². The lowest BCUT2D eigenvalue weighted by molar-refractivity contribution is 0.355. The number of hydrogen-bond donors (Lipinski definition) is 2. The SMILES string of the molecule is COc1cc(N)c(Nc2ccc(N(C)C)cc2)cc1OC. The molecule has 5 heteroatoms. The fraction of sp³-hybridized carbons (Fsp3) is 0.250. The van der Waals surface area contributed by atoms with E-state index >= 15 is 0 Å². The Balaban J connectivity index is 2.26. The molecule has 2 rings (SSSR count). The summed E-state index contributed by atoms with van der Waals surface area (Å²) in [5.74, 6) is 1.25. The van der Waals surface area contributed by atoms with E-state index in [1.54, 1.807) is 20.3 Å². The third kappa shape index (κ3) is 3.31. The van der Waals surface area contributed by atoms with Gasteiger partial charge in [-0.05, 0) is 24.3 Å². The van der Waals surface area contributed by atoms with Crippen molar-refractivity contribution in [3.63, 3.8) is 0 Å². The van der Waals surface area contributed by atoms with Gasteiger partial charge in [0.15, 0.2) is 11.5 Å². The molecule has 0 aliphatic rings. The standard InChI is InChI=1S/C16H21N3O2/c1-19(2)12-7-5-11(6-8-12)18-14-10-16(21-4)15(20-3)9-13(14)17/h5-10,18H,17H2,1-4H3. The minimum atomic E-state index is 0.601. The number of rotatable bonds is 5. The molecule has 112 valence electrons. The number of nitrogens with two attached hydrogens (primary N) is 1. The van der Waals surface area contributed by atoms with Gasteiger partial charge < -0.3 is 25.4 Å². The number of ether oxygens (including phenoxy) is 2. The second kappa shape index (κ2) is 6.26. The predicted octanol–water partition coefficient (Wildman–Crippen LogP) is 3.10. The summed E-state index contributed by atoms with van der Waals surface area (Å²) in [4.78, 5) is 2.05. The van der Waals surface area contributed by atoms with E-state index in [0.717, 1.165) is 17.1 Å². The Hall–Kier alpha value is -2.56. The van der Waals surface area contributed by atoms with E-state index < -0.39 is 0 Å². The first-order chi connectivity index (χ1) is 10.0. The molecule has 2 aromatic rings. The monoisotopic (exact) mass is 287 g/mol. The van der Waals surface area contributed by atoms with Gasteiger partial charge >= 0.3 is 0 Å². The summed E-state index contributed by atoms with van der Waals surface area (Å²) in [7, 11) is 7.21. The number of nitrogens with zero attached hydrogens (tertiary/aromatic N) is 1. The van der Waals surface area contributed by atoms with Crippen LogP contribution in [0.15, 0.2) is 36.4 Å².